The van der Waals surface area contributed by atoms with Crippen LogP contribution < -0.4 is 0 Å². The highest BCUT2D eigenvalue weighted by Crippen LogP contribution is 2.41. The molecule has 3 nitrogen and oxygen atoms in total. The van der Waals surface area contributed by atoms with Crippen molar-refractivity contribution in [2.45, 2.75) is 44.3 Å². The van der Waals surface area contributed by atoms with Crippen LogP contribution >= 0.6 is 0 Å². The van der Waals surface area contributed by atoms with Crippen molar-refractivity contribution in [2.24, 2.45) is 0 Å². The molecule has 16 heavy (non-hydrogen) atoms. The van der Waals surface area contributed by atoms with Crippen molar-refractivity contribution in [1.29, 1.82) is 0 Å². The van der Waals surface area contributed by atoms with Gasteiger partial charge in [0.15, 0.2) is 0 Å². The predicted octanol–water partition coefficient (Wildman–Crippen LogP) is 1.10. The molecule has 0 N–H and O–H groups in total. The van der Waals surface area contributed by atoms with Crippen LogP contribution in [0.1, 0.15) is 27.2 Å². The van der Waals surface area contributed by atoms with Crippen LogP contribution in [0.3, 0.4) is 0 Å². The van der Waals surface area contributed by atoms with E-state index >= 15 is 0 Å². The second kappa shape index (κ2) is 3.69. The average Bonchev–Trinajstić information content (AvgIpc) is 2.37. The molecule has 0 saturated carbocycles. The summed E-state index contributed by atoms with van der Waals surface area (Å²) in [6.07, 6.45) is 1.32. The fourth-order valence-corrected chi connectivity index (χ4v) is 3.34. The van der Waals surface area contributed by atoms with Gasteiger partial charge in [-0.15, -0.1) is 0 Å². The number of hydrogen-bond acceptors (Lipinski definition) is 3. The Labute approximate surface area is 100 Å². The lowest BCUT2D eigenvalue weighted by molar-refractivity contribution is -0.0917. The zero-order chi connectivity index (χ0) is 12.1. The summed E-state index contributed by atoms with van der Waals surface area (Å²) < 4.78 is 0. The maximum atomic E-state index is 2.60. The Balaban J connectivity index is 2.09. The third-order valence-corrected chi connectivity index (χ3v) is 4.62. The van der Waals surface area contributed by atoms with Gasteiger partial charge in [-0.2, -0.15) is 0 Å². The number of likely N-dealkylation sites (tertiary alicyclic amines) is 2. The Bertz CT molecular complexity index is 261. The Hall–Kier alpha value is -0.120. The van der Waals surface area contributed by atoms with Crippen LogP contribution in [0, 0.1) is 0 Å². The lowest BCUT2D eigenvalue weighted by atomic mass is 9.79. The molecule has 1 atom stereocenters. The molecule has 2 aliphatic rings. The highest BCUT2D eigenvalue weighted by Gasteiger charge is 2.57. The molecule has 0 unspecified atom stereocenters. The first-order valence-corrected chi connectivity index (χ1v) is 6.40. The SMILES string of the molecule is CN(C)[C@H]1CCN(C)C12CN(C(C)(C)C)C2. The smallest absolute Gasteiger partial charge is 0.0617 e. The Morgan fingerprint density at radius 1 is 1.19 bits per heavy atom. The molecule has 2 aliphatic heterocycles. The maximum absolute atomic E-state index is 2.60. The molecule has 0 aromatic rings. The zero-order valence-electron chi connectivity index (χ0n) is 11.7. The number of nitrogens with zero attached hydrogens (tertiary/aromatic N) is 3. The molecule has 0 aromatic carbocycles. The van der Waals surface area contributed by atoms with Crippen LogP contribution in [0.15, 0.2) is 0 Å². The van der Waals surface area contributed by atoms with Crippen LogP contribution in [0.5, 0.6) is 0 Å². The van der Waals surface area contributed by atoms with E-state index in [0.717, 1.165) is 6.04 Å². The second-order valence-corrected chi connectivity index (χ2v) is 6.82. The number of rotatable bonds is 1. The van der Waals surface area contributed by atoms with Gasteiger partial charge in [0.05, 0.1) is 5.54 Å². The molecule has 3 heteroatoms. The van der Waals surface area contributed by atoms with E-state index in [-0.39, 0.29) is 0 Å². The summed E-state index contributed by atoms with van der Waals surface area (Å²) in [6.45, 7) is 10.7. The van der Waals surface area contributed by atoms with E-state index in [9.17, 15) is 0 Å². The third-order valence-electron chi connectivity index (χ3n) is 4.62. The molecular weight excluding hydrogens is 198 g/mol. The van der Waals surface area contributed by atoms with E-state index in [1.165, 1.54) is 26.1 Å². The first-order valence-electron chi connectivity index (χ1n) is 6.40. The van der Waals surface area contributed by atoms with Gasteiger partial charge in [-0.3, -0.25) is 9.80 Å². The summed E-state index contributed by atoms with van der Waals surface area (Å²) in [5.74, 6) is 0. The van der Waals surface area contributed by atoms with Gasteiger partial charge in [0, 0.05) is 31.2 Å². The van der Waals surface area contributed by atoms with Crippen LogP contribution in [0.25, 0.3) is 0 Å². The molecule has 2 saturated heterocycles. The predicted molar refractivity (Wildman–Crippen MR) is 68.8 cm³/mol. The van der Waals surface area contributed by atoms with Crippen LogP contribution in [0.2, 0.25) is 0 Å². The summed E-state index contributed by atoms with van der Waals surface area (Å²) in [6, 6.07) is 0.732. The molecular formula is C13H27N3. The lowest BCUT2D eigenvalue weighted by Gasteiger charge is -2.60. The van der Waals surface area contributed by atoms with E-state index in [1.807, 2.05) is 0 Å². The van der Waals surface area contributed by atoms with Gasteiger partial charge in [0.2, 0.25) is 0 Å². The molecule has 0 aromatic heterocycles. The van der Waals surface area contributed by atoms with E-state index in [1.54, 1.807) is 0 Å². The summed E-state index contributed by atoms with van der Waals surface area (Å²) in [5.41, 5.74) is 0.752. The molecule has 2 fully saturated rings. The minimum absolute atomic E-state index is 0.325. The topological polar surface area (TPSA) is 9.72 Å². The molecule has 0 radical (unpaired) electrons. The van der Waals surface area contributed by atoms with Gasteiger partial charge in [-0.1, -0.05) is 0 Å². The summed E-state index contributed by atoms with van der Waals surface area (Å²) in [5, 5.41) is 0. The summed E-state index contributed by atoms with van der Waals surface area (Å²) >= 11 is 0. The van der Waals surface area contributed by atoms with Gasteiger partial charge in [-0.25, -0.2) is 0 Å². The van der Waals surface area contributed by atoms with Gasteiger partial charge in [0.25, 0.3) is 0 Å². The Kier molecular flexibility index (Phi) is 2.84. The minimum Gasteiger partial charge on any atom is -0.304 e. The monoisotopic (exact) mass is 225 g/mol. The average molecular weight is 225 g/mol. The van der Waals surface area contributed by atoms with Gasteiger partial charge in [-0.05, 0) is 48.3 Å². The second-order valence-electron chi connectivity index (χ2n) is 6.82. The van der Waals surface area contributed by atoms with E-state index in [2.05, 4.69) is 56.6 Å². The van der Waals surface area contributed by atoms with Crippen molar-refractivity contribution >= 4 is 0 Å². The maximum Gasteiger partial charge on any atom is 0.0617 e. The number of likely N-dealkylation sites (N-methyl/N-ethyl adjacent to an activating group) is 2. The summed E-state index contributed by atoms with van der Waals surface area (Å²) in [4.78, 5) is 7.61. The van der Waals surface area contributed by atoms with Crippen LogP contribution in [-0.2, 0) is 0 Å². The van der Waals surface area contributed by atoms with Crippen LogP contribution in [-0.4, -0.2) is 72.6 Å². The highest BCUT2D eigenvalue weighted by molar-refractivity contribution is 5.16. The van der Waals surface area contributed by atoms with Gasteiger partial charge < -0.3 is 4.90 Å². The molecule has 1 spiro atoms. The first kappa shape index (κ1) is 12.3. The lowest BCUT2D eigenvalue weighted by Crippen LogP contribution is -2.76. The van der Waals surface area contributed by atoms with Crippen molar-refractivity contribution in [3.8, 4) is 0 Å². The van der Waals surface area contributed by atoms with Crippen molar-refractivity contribution in [1.82, 2.24) is 14.7 Å². The van der Waals surface area contributed by atoms with Crippen LogP contribution in [0.4, 0.5) is 0 Å². The molecule has 2 heterocycles. The molecule has 2 rings (SSSR count). The quantitative estimate of drug-likeness (QED) is 0.662. The molecule has 0 aliphatic carbocycles. The fraction of sp³-hybridized carbons (Fsp3) is 1.00. The van der Waals surface area contributed by atoms with Crippen molar-refractivity contribution in [2.75, 3.05) is 40.8 Å². The van der Waals surface area contributed by atoms with Gasteiger partial charge >= 0.3 is 0 Å². The molecule has 0 bridgehead atoms. The minimum atomic E-state index is 0.325. The normalized spacial score (nSPS) is 31.3. The van der Waals surface area contributed by atoms with E-state index in [4.69, 9.17) is 0 Å². The molecule has 94 valence electrons. The standard InChI is InChI=1S/C13H27N3/c1-12(2,3)16-9-13(10-16)11(14(4)5)7-8-15(13)6/h11H,7-10H2,1-6H3/t11-/m0/s1. The van der Waals surface area contributed by atoms with E-state index < -0.39 is 0 Å². The first-order chi connectivity index (χ1) is 7.27. The number of hydrogen-bond donors (Lipinski definition) is 0. The Morgan fingerprint density at radius 2 is 1.75 bits per heavy atom. The Morgan fingerprint density at radius 3 is 2.19 bits per heavy atom. The highest BCUT2D eigenvalue weighted by atomic mass is 15.4. The largest absolute Gasteiger partial charge is 0.304 e. The van der Waals surface area contributed by atoms with Crippen molar-refractivity contribution in [3.05, 3.63) is 0 Å². The van der Waals surface area contributed by atoms with E-state index in [0.29, 0.717) is 11.1 Å². The van der Waals surface area contributed by atoms with Gasteiger partial charge in [0.1, 0.15) is 0 Å². The summed E-state index contributed by atoms with van der Waals surface area (Å²) in [7, 11) is 6.75. The van der Waals surface area contributed by atoms with Crippen molar-refractivity contribution in [3.63, 3.8) is 0 Å². The zero-order valence-corrected chi connectivity index (χ0v) is 11.7. The molecule has 0 amide bonds. The van der Waals surface area contributed by atoms with Crippen molar-refractivity contribution < 1.29 is 0 Å². The third kappa shape index (κ3) is 1.69. The fourth-order valence-electron chi connectivity index (χ4n) is 3.34.